The number of nitrogens with zero attached hydrogens (tertiary/aromatic N) is 1. The zero-order chi connectivity index (χ0) is 18.0. The predicted octanol–water partition coefficient (Wildman–Crippen LogP) is 3.59. The molecule has 0 aliphatic heterocycles. The molecule has 0 spiro atoms. The average Bonchev–Trinajstić information content (AvgIpc) is 3.06. The van der Waals surface area contributed by atoms with Crippen molar-refractivity contribution in [3.8, 4) is 5.75 Å². The Hall–Kier alpha value is -2.30. The van der Waals surface area contributed by atoms with Gasteiger partial charge in [0.1, 0.15) is 12.4 Å². The SMILES string of the molecule is Cc1cc(N)c2c(OCC(C)(C)NC(=O)C3CCCC3)cccc2n1. The van der Waals surface area contributed by atoms with E-state index in [4.69, 9.17) is 10.5 Å². The molecule has 25 heavy (non-hydrogen) atoms. The van der Waals surface area contributed by atoms with E-state index in [0.29, 0.717) is 18.0 Å². The zero-order valence-electron chi connectivity index (χ0n) is 15.3. The summed E-state index contributed by atoms with van der Waals surface area (Å²) in [4.78, 5) is 16.9. The Morgan fingerprint density at radius 1 is 1.36 bits per heavy atom. The van der Waals surface area contributed by atoms with Crippen molar-refractivity contribution in [1.82, 2.24) is 10.3 Å². The summed E-state index contributed by atoms with van der Waals surface area (Å²) in [5.41, 5.74) is 8.08. The molecule has 1 aliphatic carbocycles. The van der Waals surface area contributed by atoms with Crippen LogP contribution in [0.4, 0.5) is 5.69 Å². The molecule has 1 heterocycles. The van der Waals surface area contributed by atoms with Gasteiger partial charge in [0.05, 0.1) is 16.4 Å². The number of rotatable bonds is 5. The first kappa shape index (κ1) is 17.5. The number of carbonyl (C=O) groups excluding carboxylic acids is 1. The fraction of sp³-hybridized carbons (Fsp3) is 0.500. The highest BCUT2D eigenvalue weighted by Crippen LogP contribution is 2.31. The van der Waals surface area contributed by atoms with Gasteiger partial charge in [-0.2, -0.15) is 0 Å². The molecule has 5 nitrogen and oxygen atoms in total. The minimum absolute atomic E-state index is 0.140. The van der Waals surface area contributed by atoms with Crippen molar-refractivity contribution in [1.29, 1.82) is 0 Å². The first-order valence-electron chi connectivity index (χ1n) is 8.96. The van der Waals surface area contributed by atoms with Gasteiger partial charge in [-0.3, -0.25) is 9.78 Å². The smallest absolute Gasteiger partial charge is 0.223 e. The van der Waals surface area contributed by atoms with Gasteiger partial charge in [-0.25, -0.2) is 0 Å². The maximum Gasteiger partial charge on any atom is 0.223 e. The summed E-state index contributed by atoms with van der Waals surface area (Å²) < 4.78 is 6.03. The molecule has 134 valence electrons. The number of benzene rings is 1. The van der Waals surface area contributed by atoms with Crippen molar-refractivity contribution in [2.45, 2.75) is 52.0 Å². The highest BCUT2D eigenvalue weighted by molar-refractivity contribution is 5.95. The van der Waals surface area contributed by atoms with Crippen LogP contribution in [0.15, 0.2) is 24.3 Å². The molecular weight excluding hydrogens is 314 g/mol. The standard InChI is InChI=1S/C20H27N3O2/c1-13-11-15(21)18-16(22-13)9-6-10-17(18)25-12-20(2,3)23-19(24)14-7-4-5-8-14/h6,9-11,14H,4-5,7-8,12H2,1-3H3,(H2,21,22)(H,23,24). The van der Waals surface area contributed by atoms with Crippen molar-refractivity contribution in [3.05, 3.63) is 30.0 Å². The number of nitrogens with one attached hydrogen (secondary N) is 1. The maximum atomic E-state index is 12.4. The first-order valence-corrected chi connectivity index (χ1v) is 8.96. The van der Waals surface area contributed by atoms with Crippen LogP contribution in [0.5, 0.6) is 5.75 Å². The molecule has 1 saturated carbocycles. The highest BCUT2D eigenvalue weighted by Gasteiger charge is 2.28. The van der Waals surface area contributed by atoms with Gasteiger partial charge in [0.15, 0.2) is 0 Å². The number of pyridine rings is 1. The summed E-state index contributed by atoms with van der Waals surface area (Å²) in [5, 5.41) is 3.95. The number of anilines is 1. The third kappa shape index (κ3) is 4.03. The van der Waals surface area contributed by atoms with Crippen molar-refractivity contribution < 1.29 is 9.53 Å². The summed E-state index contributed by atoms with van der Waals surface area (Å²) in [7, 11) is 0. The summed E-state index contributed by atoms with van der Waals surface area (Å²) in [6.07, 6.45) is 4.29. The van der Waals surface area contributed by atoms with E-state index in [2.05, 4.69) is 10.3 Å². The van der Waals surface area contributed by atoms with E-state index < -0.39 is 5.54 Å². The lowest BCUT2D eigenvalue weighted by molar-refractivity contribution is -0.126. The Bertz CT molecular complexity index is 780. The molecule has 5 heteroatoms. The number of ether oxygens (including phenoxy) is 1. The van der Waals surface area contributed by atoms with Crippen LogP contribution in [0.2, 0.25) is 0 Å². The van der Waals surface area contributed by atoms with Crippen LogP contribution in [0.25, 0.3) is 10.9 Å². The van der Waals surface area contributed by atoms with E-state index in [0.717, 1.165) is 42.3 Å². The molecule has 1 amide bonds. The number of nitrogen functional groups attached to an aromatic ring is 1. The van der Waals surface area contributed by atoms with E-state index in [1.807, 2.05) is 45.0 Å². The van der Waals surface area contributed by atoms with Gasteiger partial charge < -0.3 is 15.8 Å². The number of carbonyl (C=O) groups is 1. The van der Waals surface area contributed by atoms with Crippen LogP contribution in [0.1, 0.15) is 45.2 Å². The first-order chi connectivity index (χ1) is 11.9. The Morgan fingerprint density at radius 3 is 2.80 bits per heavy atom. The Kier molecular flexibility index (Phi) is 4.84. The second-order valence-corrected chi connectivity index (χ2v) is 7.65. The molecule has 1 aliphatic rings. The van der Waals surface area contributed by atoms with Crippen LogP contribution >= 0.6 is 0 Å². The van der Waals surface area contributed by atoms with Crippen molar-refractivity contribution >= 4 is 22.5 Å². The fourth-order valence-corrected chi connectivity index (χ4v) is 3.46. The van der Waals surface area contributed by atoms with Gasteiger partial charge >= 0.3 is 0 Å². The summed E-state index contributed by atoms with van der Waals surface area (Å²) in [5.74, 6) is 0.992. The number of hydrogen-bond donors (Lipinski definition) is 2. The van der Waals surface area contributed by atoms with Gasteiger partial charge in [0, 0.05) is 17.3 Å². The van der Waals surface area contributed by atoms with Crippen molar-refractivity contribution in [3.63, 3.8) is 0 Å². The lowest BCUT2D eigenvalue weighted by atomic mass is 10.0. The van der Waals surface area contributed by atoms with Gasteiger partial charge in [-0.1, -0.05) is 18.9 Å². The van der Waals surface area contributed by atoms with Crippen LogP contribution in [-0.4, -0.2) is 23.0 Å². The van der Waals surface area contributed by atoms with E-state index in [1.54, 1.807) is 0 Å². The largest absolute Gasteiger partial charge is 0.490 e. The number of amides is 1. The normalized spacial score (nSPS) is 15.5. The van der Waals surface area contributed by atoms with Crippen LogP contribution in [-0.2, 0) is 4.79 Å². The molecule has 0 unspecified atom stereocenters. The van der Waals surface area contributed by atoms with Crippen molar-refractivity contribution in [2.75, 3.05) is 12.3 Å². The monoisotopic (exact) mass is 341 g/mol. The number of nitrogens with two attached hydrogens (primary N) is 1. The molecule has 0 saturated heterocycles. The van der Waals surface area contributed by atoms with Gasteiger partial charge in [0.2, 0.25) is 5.91 Å². The Balaban J connectivity index is 1.72. The highest BCUT2D eigenvalue weighted by atomic mass is 16.5. The van der Waals surface area contributed by atoms with E-state index in [1.165, 1.54) is 0 Å². The molecule has 0 atom stereocenters. The lowest BCUT2D eigenvalue weighted by Crippen LogP contribution is -2.49. The number of aryl methyl sites for hydroxylation is 1. The van der Waals surface area contributed by atoms with Gasteiger partial charge in [-0.05, 0) is 51.8 Å². The molecule has 1 aromatic heterocycles. The van der Waals surface area contributed by atoms with E-state index in [-0.39, 0.29) is 11.8 Å². The molecule has 2 aromatic rings. The van der Waals surface area contributed by atoms with E-state index >= 15 is 0 Å². The minimum atomic E-state index is -0.450. The average molecular weight is 341 g/mol. The number of aromatic nitrogens is 1. The quantitative estimate of drug-likeness (QED) is 0.871. The molecule has 0 radical (unpaired) electrons. The van der Waals surface area contributed by atoms with E-state index in [9.17, 15) is 4.79 Å². The minimum Gasteiger partial charge on any atom is -0.490 e. The molecule has 0 bridgehead atoms. The van der Waals surface area contributed by atoms with Gasteiger partial charge in [0.25, 0.3) is 0 Å². The van der Waals surface area contributed by atoms with Gasteiger partial charge in [-0.15, -0.1) is 0 Å². The second kappa shape index (κ2) is 6.90. The molecule has 3 rings (SSSR count). The summed E-state index contributed by atoms with van der Waals surface area (Å²) >= 11 is 0. The molecule has 1 aromatic carbocycles. The van der Waals surface area contributed by atoms with Crippen LogP contribution in [0.3, 0.4) is 0 Å². The van der Waals surface area contributed by atoms with Crippen LogP contribution < -0.4 is 15.8 Å². The number of fused-ring (bicyclic) bond motifs is 1. The van der Waals surface area contributed by atoms with Crippen LogP contribution in [0, 0.1) is 12.8 Å². The summed E-state index contributed by atoms with van der Waals surface area (Å²) in [6, 6.07) is 7.58. The fourth-order valence-electron chi connectivity index (χ4n) is 3.46. The lowest BCUT2D eigenvalue weighted by Gasteiger charge is -2.28. The number of hydrogen-bond acceptors (Lipinski definition) is 4. The summed E-state index contributed by atoms with van der Waals surface area (Å²) in [6.45, 7) is 6.26. The molecule has 1 fully saturated rings. The molecular formula is C20H27N3O2. The Labute approximate surface area is 149 Å². The third-order valence-corrected chi connectivity index (χ3v) is 4.73. The Morgan fingerprint density at radius 2 is 2.08 bits per heavy atom. The molecule has 3 N–H and O–H groups in total. The second-order valence-electron chi connectivity index (χ2n) is 7.65. The van der Waals surface area contributed by atoms with Crippen molar-refractivity contribution in [2.24, 2.45) is 5.92 Å². The zero-order valence-corrected chi connectivity index (χ0v) is 15.3. The predicted molar refractivity (Wildman–Crippen MR) is 101 cm³/mol. The third-order valence-electron chi connectivity index (χ3n) is 4.73. The maximum absolute atomic E-state index is 12.4. The topological polar surface area (TPSA) is 77.2 Å².